The maximum Gasteiger partial charge on any atom is 0.271 e. The number of hydrogen-bond acceptors (Lipinski definition) is 6. The van der Waals surface area contributed by atoms with E-state index in [9.17, 15) is 19.7 Å². The molecule has 1 aromatic heterocycles. The molecular formula is C24H20N4O4S. The Labute approximate surface area is 193 Å². The fourth-order valence-electron chi connectivity index (χ4n) is 3.34. The van der Waals surface area contributed by atoms with Crippen molar-refractivity contribution in [3.63, 3.8) is 0 Å². The first-order chi connectivity index (χ1) is 16.0. The Kier molecular flexibility index (Phi) is 6.50. The van der Waals surface area contributed by atoms with Crippen molar-refractivity contribution in [1.82, 2.24) is 9.55 Å². The Morgan fingerprint density at radius 1 is 1.09 bits per heavy atom. The molecule has 4 rings (SSSR count). The van der Waals surface area contributed by atoms with E-state index in [-0.39, 0.29) is 22.9 Å². The maximum atomic E-state index is 13.3. The number of hydrogen-bond donors (Lipinski definition) is 1. The number of carbonyl (C=O) groups is 1. The molecule has 0 bridgehead atoms. The molecule has 8 nitrogen and oxygen atoms in total. The summed E-state index contributed by atoms with van der Waals surface area (Å²) in [6.07, 6.45) is 0.880. The van der Waals surface area contributed by atoms with Crippen LogP contribution in [-0.4, -0.2) is 26.1 Å². The summed E-state index contributed by atoms with van der Waals surface area (Å²) in [7, 11) is 0. The van der Waals surface area contributed by atoms with Crippen LogP contribution < -0.4 is 10.9 Å². The molecule has 9 heteroatoms. The molecule has 33 heavy (non-hydrogen) atoms. The van der Waals surface area contributed by atoms with Gasteiger partial charge in [-0.05, 0) is 42.3 Å². The standard InChI is InChI=1S/C24H20N4O4S/c1-2-16-10-12-18(13-11-16)27-23(30)20-8-3-4-9-21(20)26-24(27)33-15-22(29)25-17-6-5-7-19(14-17)28(31)32/h3-14H,2,15H2,1H3,(H,25,29). The van der Waals surface area contributed by atoms with Crippen molar-refractivity contribution in [1.29, 1.82) is 0 Å². The molecule has 166 valence electrons. The summed E-state index contributed by atoms with van der Waals surface area (Å²) in [5, 5.41) is 14.5. The first-order valence-corrected chi connectivity index (χ1v) is 11.2. The minimum Gasteiger partial charge on any atom is -0.325 e. The number of thioether (sulfide) groups is 1. The van der Waals surface area contributed by atoms with Crippen LogP contribution in [-0.2, 0) is 11.2 Å². The third kappa shape index (κ3) is 4.93. The summed E-state index contributed by atoms with van der Waals surface area (Å²) in [4.78, 5) is 40.9. The molecule has 0 saturated heterocycles. The van der Waals surface area contributed by atoms with E-state index in [2.05, 4.69) is 17.2 Å². The van der Waals surface area contributed by atoms with Gasteiger partial charge in [-0.1, -0.05) is 49.0 Å². The number of nitro benzene ring substituents is 1. The first-order valence-electron chi connectivity index (χ1n) is 10.2. The second kappa shape index (κ2) is 9.66. The zero-order chi connectivity index (χ0) is 23.4. The number of amides is 1. The average molecular weight is 461 g/mol. The highest BCUT2D eigenvalue weighted by atomic mass is 32.2. The van der Waals surface area contributed by atoms with Gasteiger partial charge in [0.2, 0.25) is 5.91 Å². The molecule has 1 N–H and O–H groups in total. The van der Waals surface area contributed by atoms with Crippen LogP contribution in [0.4, 0.5) is 11.4 Å². The van der Waals surface area contributed by atoms with Crippen molar-refractivity contribution in [2.75, 3.05) is 11.1 Å². The van der Waals surface area contributed by atoms with Crippen LogP contribution in [0.25, 0.3) is 16.6 Å². The van der Waals surface area contributed by atoms with Gasteiger partial charge in [0, 0.05) is 17.8 Å². The van der Waals surface area contributed by atoms with Crippen molar-refractivity contribution in [3.05, 3.63) is 98.8 Å². The molecule has 1 amide bonds. The third-order valence-corrected chi connectivity index (χ3v) is 5.96. The van der Waals surface area contributed by atoms with Gasteiger partial charge in [0.25, 0.3) is 11.2 Å². The summed E-state index contributed by atoms with van der Waals surface area (Å²) in [6, 6.07) is 20.5. The van der Waals surface area contributed by atoms with Crippen molar-refractivity contribution < 1.29 is 9.72 Å². The lowest BCUT2D eigenvalue weighted by atomic mass is 10.1. The van der Waals surface area contributed by atoms with Crippen LogP contribution in [0, 0.1) is 10.1 Å². The minimum absolute atomic E-state index is 0.0273. The van der Waals surface area contributed by atoms with Crippen LogP contribution in [0.1, 0.15) is 12.5 Å². The molecular weight excluding hydrogens is 440 g/mol. The quantitative estimate of drug-likeness (QED) is 0.187. The van der Waals surface area contributed by atoms with E-state index in [1.165, 1.54) is 22.8 Å². The summed E-state index contributed by atoms with van der Waals surface area (Å²) in [6.45, 7) is 2.06. The van der Waals surface area contributed by atoms with Crippen LogP contribution in [0.15, 0.2) is 82.7 Å². The van der Waals surface area contributed by atoms with E-state index in [0.717, 1.165) is 23.7 Å². The smallest absolute Gasteiger partial charge is 0.271 e. The van der Waals surface area contributed by atoms with Crippen LogP contribution >= 0.6 is 11.8 Å². The summed E-state index contributed by atoms with van der Waals surface area (Å²) in [5.41, 5.74) is 2.36. The molecule has 1 heterocycles. The maximum absolute atomic E-state index is 13.3. The molecule has 0 radical (unpaired) electrons. The van der Waals surface area contributed by atoms with Crippen molar-refractivity contribution in [2.24, 2.45) is 0 Å². The molecule has 0 unspecified atom stereocenters. The van der Waals surface area contributed by atoms with E-state index < -0.39 is 4.92 Å². The highest BCUT2D eigenvalue weighted by molar-refractivity contribution is 7.99. The normalized spacial score (nSPS) is 10.8. The second-order valence-electron chi connectivity index (χ2n) is 7.22. The summed E-state index contributed by atoms with van der Waals surface area (Å²) < 4.78 is 1.51. The van der Waals surface area contributed by atoms with Gasteiger partial charge in [0.05, 0.1) is 27.3 Å². The average Bonchev–Trinajstić information content (AvgIpc) is 2.83. The van der Waals surface area contributed by atoms with E-state index in [0.29, 0.717) is 27.4 Å². The Bertz CT molecular complexity index is 1400. The Hall–Kier alpha value is -3.98. The minimum atomic E-state index is -0.522. The lowest BCUT2D eigenvalue weighted by Gasteiger charge is -2.13. The fraction of sp³-hybridized carbons (Fsp3) is 0.125. The lowest BCUT2D eigenvalue weighted by molar-refractivity contribution is -0.384. The lowest BCUT2D eigenvalue weighted by Crippen LogP contribution is -2.23. The largest absolute Gasteiger partial charge is 0.325 e. The number of para-hydroxylation sites is 1. The zero-order valence-corrected chi connectivity index (χ0v) is 18.5. The van der Waals surface area contributed by atoms with Gasteiger partial charge in [0.1, 0.15) is 0 Å². The third-order valence-electron chi connectivity index (χ3n) is 5.02. The molecule has 0 spiro atoms. The van der Waals surface area contributed by atoms with Gasteiger partial charge in [-0.15, -0.1) is 0 Å². The predicted octanol–water partition coefficient (Wildman–Crippen LogP) is 4.59. The summed E-state index contributed by atoms with van der Waals surface area (Å²) in [5.74, 6) is -0.392. The number of benzene rings is 3. The topological polar surface area (TPSA) is 107 Å². The van der Waals surface area contributed by atoms with Crippen LogP contribution in [0.5, 0.6) is 0 Å². The first kappa shape index (κ1) is 22.2. The molecule has 4 aromatic rings. The van der Waals surface area contributed by atoms with Crippen molar-refractivity contribution in [2.45, 2.75) is 18.5 Å². The summed E-state index contributed by atoms with van der Waals surface area (Å²) >= 11 is 1.12. The Morgan fingerprint density at radius 2 is 1.85 bits per heavy atom. The van der Waals surface area contributed by atoms with Gasteiger partial charge in [-0.25, -0.2) is 4.98 Å². The van der Waals surface area contributed by atoms with E-state index in [1.54, 1.807) is 30.3 Å². The van der Waals surface area contributed by atoms with E-state index in [1.807, 2.05) is 24.3 Å². The SMILES string of the molecule is CCc1ccc(-n2c(SCC(=O)Nc3cccc([N+](=O)[O-])c3)nc3ccccc3c2=O)cc1. The predicted molar refractivity (Wildman–Crippen MR) is 129 cm³/mol. The number of nitrogens with one attached hydrogen (secondary N) is 1. The number of anilines is 1. The van der Waals surface area contributed by atoms with E-state index >= 15 is 0 Å². The molecule has 0 saturated carbocycles. The van der Waals surface area contributed by atoms with Crippen LogP contribution in [0.3, 0.4) is 0 Å². The van der Waals surface area contributed by atoms with E-state index in [4.69, 9.17) is 0 Å². The number of fused-ring (bicyclic) bond motifs is 1. The highest BCUT2D eigenvalue weighted by Crippen LogP contribution is 2.23. The molecule has 0 aliphatic carbocycles. The number of aromatic nitrogens is 2. The van der Waals surface area contributed by atoms with Gasteiger partial charge < -0.3 is 5.32 Å². The van der Waals surface area contributed by atoms with Gasteiger partial charge in [0.15, 0.2) is 5.16 Å². The van der Waals surface area contributed by atoms with Gasteiger partial charge >= 0.3 is 0 Å². The van der Waals surface area contributed by atoms with Crippen molar-refractivity contribution in [3.8, 4) is 5.69 Å². The van der Waals surface area contributed by atoms with Crippen LogP contribution in [0.2, 0.25) is 0 Å². The Morgan fingerprint density at radius 3 is 2.58 bits per heavy atom. The number of carbonyl (C=O) groups excluding carboxylic acids is 1. The number of non-ortho nitro benzene ring substituents is 1. The fourth-order valence-corrected chi connectivity index (χ4v) is 4.15. The second-order valence-corrected chi connectivity index (χ2v) is 8.16. The molecule has 0 aliphatic heterocycles. The van der Waals surface area contributed by atoms with Crippen molar-refractivity contribution >= 4 is 39.9 Å². The molecule has 3 aromatic carbocycles. The van der Waals surface area contributed by atoms with Gasteiger partial charge in [-0.2, -0.15) is 0 Å². The molecule has 0 fully saturated rings. The number of aryl methyl sites for hydroxylation is 1. The molecule has 0 atom stereocenters. The number of rotatable bonds is 7. The van der Waals surface area contributed by atoms with Gasteiger partial charge in [-0.3, -0.25) is 24.3 Å². The monoisotopic (exact) mass is 460 g/mol. The number of nitro groups is 1. The number of nitrogens with zero attached hydrogens (tertiary/aromatic N) is 3. The highest BCUT2D eigenvalue weighted by Gasteiger charge is 2.15. The zero-order valence-electron chi connectivity index (χ0n) is 17.7. The Balaban J connectivity index is 1.63. The molecule has 0 aliphatic rings.